The summed E-state index contributed by atoms with van der Waals surface area (Å²) < 4.78 is 6.54. The summed E-state index contributed by atoms with van der Waals surface area (Å²) in [5, 5.41) is 8.07. The normalized spacial score (nSPS) is 11.9. The summed E-state index contributed by atoms with van der Waals surface area (Å²) >= 11 is 2.17. The minimum atomic E-state index is -0.150. The van der Waals surface area contributed by atoms with Gasteiger partial charge in [-0.2, -0.15) is 0 Å². The molecule has 0 atom stereocenters. The molecule has 160 valence electrons. The third-order valence-corrected chi connectivity index (χ3v) is 13.1. The van der Waals surface area contributed by atoms with Crippen LogP contribution in [0.3, 0.4) is 0 Å². The summed E-state index contributed by atoms with van der Waals surface area (Å²) in [6.07, 6.45) is 12.7. The van der Waals surface area contributed by atoms with Crippen molar-refractivity contribution in [1.29, 1.82) is 0 Å². The SMILES string of the molecule is CCCCCCCCCCc1cc2cc3cc4[se]c(-c5cccs5)cc4cc3cc2[te]1. The number of unbranched alkanes of at least 4 members (excludes halogenated alkanes) is 7. The number of hydrogen-bond donors (Lipinski definition) is 0. The molecule has 0 fully saturated rings. The van der Waals surface area contributed by atoms with Crippen molar-refractivity contribution < 1.29 is 0 Å². The number of rotatable bonds is 10. The zero-order valence-electron chi connectivity index (χ0n) is 18.3. The molecule has 0 amide bonds. The fourth-order valence-corrected chi connectivity index (χ4v) is 11.0. The molecule has 5 rings (SSSR count). The third kappa shape index (κ3) is 5.24. The number of aryl methyl sites for hydroxylation is 1. The van der Waals surface area contributed by atoms with Crippen LogP contribution in [0.2, 0.25) is 0 Å². The van der Waals surface area contributed by atoms with E-state index in [1.807, 2.05) is 11.3 Å². The molecule has 31 heavy (non-hydrogen) atoms. The minimum absolute atomic E-state index is 0.150. The van der Waals surface area contributed by atoms with Gasteiger partial charge in [0.2, 0.25) is 0 Å². The molecule has 0 N–H and O–H groups in total. The Morgan fingerprint density at radius 1 is 0.774 bits per heavy atom. The van der Waals surface area contributed by atoms with Gasteiger partial charge in [0.1, 0.15) is 0 Å². The van der Waals surface area contributed by atoms with Crippen LogP contribution in [0, 0.1) is 0 Å². The second kappa shape index (κ2) is 10.4. The summed E-state index contributed by atoms with van der Waals surface area (Å²) in [4.78, 5) is 1.45. The van der Waals surface area contributed by atoms with Gasteiger partial charge in [0.15, 0.2) is 0 Å². The van der Waals surface area contributed by atoms with E-state index in [1.165, 1.54) is 84.2 Å². The quantitative estimate of drug-likeness (QED) is 0.111. The average molecular weight is 605 g/mol. The monoisotopic (exact) mass is 608 g/mol. The second-order valence-corrected chi connectivity index (χ2v) is 15.2. The maximum atomic E-state index is 2.55. The van der Waals surface area contributed by atoms with Crippen molar-refractivity contribution in [2.24, 2.45) is 0 Å². The number of benzene rings is 2. The summed E-state index contributed by atoms with van der Waals surface area (Å²) in [6.45, 7) is 2.30. The van der Waals surface area contributed by atoms with Crippen LogP contribution in [0.1, 0.15) is 61.9 Å². The molecule has 0 bridgehead atoms. The van der Waals surface area contributed by atoms with Gasteiger partial charge >= 0.3 is 207 Å². The van der Waals surface area contributed by atoms with Gasteiger partial charge in [-0.15, -0.1) is 0 Å². The first-order chi connectivity index (χ1) is 15.3. The van der Waals surface area contributed by atoms with Crippen molar-refractivity contribution in [3.05, 3.63) is 57.5 Å². The van der Waals surface area contributed by atoms with E-state index in [9.17, 15) is 0 Å². The number of thiophene rings is 1. The molecule has 3 aromatic heterocycles. The zero-order chi connectivity index (χ0) is 21.0. The van der Waals surface area contributed by atoms with E-state index in [0.29, 0.717) is 14.5 Å². The fourth-order valence-electron chi connectivity index (χ4n) is 4.48. The van der Waals surface area contributed by atoms with Gasteiger partial charge in [-0.3, -0.25) is 0 Å². The van der Waals surface area contributed by atoms with Gasteiger partial charge in [0, 0.05) is 0 Å². The van der Waals surface area contributed by atoms with Crippen molar-refractivity contribution in [2.75, 3.05) is 0 Å². The van der Waals surface area contributed by atoms with Crippen molar-refractivity contribution in [2.45, 2.75) is 64.7 Å². The molecule has 0 saturated heterocycles. The first kappa shape index (κ1) is 22.0. The standard InChI is InChI=1S/C28H30SSeTe/c1-2-3-4-5-6-7-8-9-11-24-16-23-15-20-17-26-22(14-21(20)19-28(23)31-24)18-27(30-26)25-12-10-13-29-25/h10,12-19H,2-9,11H2,1H3. The van der Waals surface area contributed by atoms with E-state index in [2.05, 4.69) is 60.8 Å². The predicted octanol–water partition coefficient (Wildman–Crippen LogP) is 8.67. The molecule has 5 aromatic rings. The number of fused-ring (bicyclic) bond motifs is 3. The summed E-state index contributed by atoms with van der Waals surface area (Å²) in [5.74, 6) is 0. The van der Waals surface area contributed by atoms with Crippen LogP contribution in [0.5, 0.6) is 0 Å². The van der Waals surface area contributed by atoms with Gasteiger partial charge in [-0.05, 0) is 0 Å². The molecule has 0 saturated carbocycles. The Bertz CT molecular complexity index is 1200. The van der Waals surface area contributed by atoms with Gasteiger partial charge in [-0.1, -0.05) is 0 Å². The molecule has 0 aliphatic rings. The Hall–Kier alpha value is -0.811. The molecule has 0 unspecified atom stereocenters. The Balaban J connectivity index is 1.28. The van der Waals surface area contributed by atoms with E-state index in [-0.39, 0.29) is 20.4 Å². The van der Waals surface area contributed by atoms with Gasteiger partial charge in [0.05, 0.1) is 0 Å². The first-order valence-corrected chi connectivity index (χ1v) is 16.7. The van der Waals surface area contributed by atoms with Crippen molar-refractivity contribution in [1.82, 2.24) is 0 Å². The second-order valence-electron chi connectivity index (χ2n) is 8.65. The molecular formula is C28H30SSeTe. The van der Waals surface area contributed by atoms with Crippen LogP contribution in [-0.4, -0.2) is 34.9 Å². The molecule has 3 heterocycles. The molecule has 0 aliphatic heterocycles. The third-order valence-electron chi connectivity index (χ3n) is 6.20. The van der Waals surface area contributed by atoms with Gasteiger partial charge in [0.25, 0.3) is 0 Å². The van der Waals surface area contributed by atoms with Crippen LogP contribution >= 0.6 is 11.3 Å². The Labute approximate surface area is 205 Å². The van der Waals surface area contributed by atoms with E-state index in [4.69, 9.17) is 0 Å². The van der Waals surface area contributed by atoms with Crippen LogP contribution in [-0.2, 0) is 6.42 Å². The molecule has 2 aromatic carbocycles. The van der Waals surface area contributed by atoms with Crippen LogP contribution in [0.15, 0.2) is 53.9 Å². The predicted molar refractivity (Wildman–Crippen MR) is 142 cm³/mol. The van der Waals surface area contributed by atoms with Gasteiger partial charge < -0.3 is 0 Å². The topological polar surface area (TPSA) is 0 Å². The van der Waals surface area contributed by atoms with E-state index >= 15 is 0 Å². The molecule has 0 nitrogen and oxygen atoms in total. The summed E-state index contributed by atoms with van der Waals surface area (Å²) in [6, 6.07) is 19.4. The molecule has 0 aliphatic carbocycles. The van der Waals surface area contributed by atoms with Crippen LogP contribution in [0.25, 0.3) is 38.5 Å². The summed E-state index contributed by atoms with van der Waals surface area (Å²) in [7, 11) is 0. The van der Waals surface area contributed by atoms with E-state index in [1.54, 1.807) is 15.7 Å². The Morgan fingerprint density at radius 3 is 2.35 bits per heavy atom. The molecule has 3 heteroatoms. The first-order valence-electron chi connectivity index (χ1n) is 11.7. The van der Waals surface area contributed by atoms with Gasteiger partial charge in [-0.25, -0.2) is 0 Å². The maximum absolute atomic E-state index is 2.55. The van der Waals surface area contributed by atoms with Crippen LogP contribution < -0.4 is 0 Å². The molecule has 0 radical (unpaired) electrons. The van der Waals surface area contributed by atoms with Crippen molar-refractivity contribution >= 4 is 75.5 Å². The summed E-state index contributed by atoms with van der Waals surface area (Å²) in [5.41, 5.74) is 0. The van der Waals surface area contributed by atoms with Crippen molar-refractivity contribution in [3.8, 4) is 9.31 Å². The fraction of sp³-hybridized carbons (Fsp3) is 0.357. The van der Waals surface area contributed by atoms with Crippen molar-refractivity contribution in [3.63, 3.8) is 0 Å². The van der Waals surface area contributed by atoms with E-state index in [0.717, 1.165) is 0 Å². The molecule has 0 spiro atoms. The Kier molecular flexibility index (Phi) is 7.39. The van der Waals surface area contributed by atoms with Crippen LogP contribution in [0.4, 0.5) is 0 Å². The Morgan fingerprint density at radius 2 is 1.55 bits per heavy atom. The molecular weight excluding hydrogens is 575 g/mol. The zero-order valence-corrected chi connectivity index (χ0v) is 23.1. The van der Waals surface area contributed by atoms with E-state index < -0.39 is 0 Å². The average Bonchev–Trinajstić information content (AvgIpc) is 3.51. The number of hydrogen-bond acceptors (Lipinski definition) is 1.